The Bertz CT molecular complexity index is 839. The molecule has 92 valence electrons. The zero-order valence-electron chi connectivity index (χ0n) is 10.6. The molecule has 2 nitrogen and oxygen atoms in total. The minimum Gasteiger partial charge on any atom is -0.456 e. The van der Waals surface area contributed by atoms with Crippen molar-refractivity contribution >= 4 is 27.7 Å². The SMILES string of the molecule is CC1=NC(c2cccc3c2oc2ccccc23)C=C1. The number of allylic oxidation sites excluding steroid dienone is 1. The maximum absolute atomic E-state index is 6.03. The van der Waals surface area contributed by atoms with Crippen molar-refractivity contribution in [3.05, 3.63) is 60.2 Å². The summed E-state index contributed by atoms with van der Waals surface area (Å²) >= 11 is 0. The molecule has 1 aliphatic rings. The lowest BCUT2D eigenvalue weighted by Crippen LogP contribution is -1.89. The zero-order valence-corrected chi connectivity index (χ0v) is 10.6. The number of furan rings is 1. The molecule has 1 aromatic heterocycles. The molecule has 0 spiro atoms. The molecule has 2 aromatic carbocycles. The maximum atomic E-state index is 6.03. The topological polar surface area (TPSA) is 25.5 Å². The summed E-state index contributed by atoms with van der Waals surface area (Å²) in [5.74, 6) is 0. The van der Waals surface area contributed by atoms with Crippen molar-refractivity contribution in [3.63, 3.8) is 0 Å². The molecule has 3 aromatic rings. The summed E-state index contributed by atoms with van der Waals surface area (Å²) in [5.41, 5.74) is 4.10. The number of hydrogen-bond acceptors (Lipinski definition) is 2. The molecule has 19 heavy (non-hydrogen) atoms. The number of fused-ring (bicyclic) bond motifs is 3. The zero-order chi connectivity index (χ0) is 12.8. The highest BCUT2D eigenvalue weighted by Gasteiger charge is 2.17. The van der Waals surface area contributed by atoms with Gasteiger partial charge >= 0.3 is 0 Å². The van der Waals surface area contributed by atoms with Gasteiger partial charge in [-0.3, -0.25) is 4.99 Å². The van der Waals surface area contributed by atoms with E-state index in [4.69, 9.17) is 4.42 Å². The van der Waals surface area contributed by atoms with E-state index in [0.717, 1.165) is 22.4 Å². The molecule has 4 rings (SSSR count). The minimum absolute atomic E-state index is 0.0873. The molecule has 2 heteroatoms. The third-order valence-electron chi connectivity index (χ3n) is 3.62. The van der Waals surface area contributed by atoms with Gasteiger partial charge in [-0.15, -0.1) is 0 Å². The second-order valence-electron chi connectivity index (χ2n) is 4.90. The second kappa shape index (κ2) is 3.82. The molecule has 1 unspecified atom stereocenters. The fourth-order valence-corrected chi connectivity index (χ4v) is 2.71. The maximum Gasteiger partial charge on any atom is 0.141 e. The van der Waals surface area contributed by atoms with E-state index >= 15 is 0 Å². The van der Waals surface area contributed by atoms with Crippen molar-refractivity contribution in [1.82, 2.24) is 0 Å². The third kappa shape index (κ3) is 1.53. The van der Waals surface area contributed by atoms with Crippen LogP contribution in [0, 0.1) is 0 Å². The summed E-state index contributed by atoms with van der Waals surface area (Å²) in [6.07, 6.45) is 4.18. The fraction of sp³-hybridized carbons (Fsp3) is 0.118. The second-order valence-corrected chi connectivity index (χ2v) is 4.90. The Morgan fingerprint density at radius 3 is 2.68 bits per heavy atom. The van der Waals surface area contributed by atoms with Gasteiger partial charge in [-0.25, -0.2) is 0 Å². The lowest BCUT2D eigenvalue weighted by atomic mass is 10.0. The van der Waals surface area contributed by atoms with Crippen LogP contribution in [0.3, 0.4) is 0 Å². The van der Waals surface area contributed by atoms with Gasteiger partial charge < -0.3 is 4.42 Å². The van der Waals surface area contributed by atoms with Gasteiger partial charge in [-0.05, 0) is 19.1 Å². The van der Waals surface area contributed by atoms with E-state index in [-0.39, 0.29) is 6.04 Å². The summed E-state index contributed by atoms with van der Waals surface area (Å²) in [4.78, 5) is 4.62. The largest absolute Gasteiger partial charge is 0.456 e. The highest BCUT2D eigenvalue weighted by Crippen LogP contribution is 2.35. The minimum atomic E-state index is 0.0873. The summed E-state index contributed by atoms with van der Waals surface area (Å²) in [6, 6.07) is 14.5. The van der Waals surface area contributed by atoms with Gasteiger partial charge in [0.1, 0.15) is 11.2 Å². The van der Waals surface area contributed by atoms with E-state index in [1.54, 1.807) is 0 Å². The van der Waals surface area contributed by atoms with Crippen LogP contribution in [0.15, 0.2) is 64.0 Å². The Morgan fingerprint density at radius 2 is 1.84 bits per heavy atom. The lowest BCUT2D eigenvalue weighted by Gasteiger charge is -2.05. The number of hydrogen-bond donors (Lipinski definition) is 0. The van der Waals surface area contributed by atoms with Crippen LogP contribution in [-0.2, 0) is 0 Å². The van der Waals surface area contributed by atoms with Crippen LogP contribution in [0.4, 0.5) is 0 Å². The van der Waals surface area contributed by atoms with Gasteiger partial charge in [0.05, 0.1) is 6.04 Å². The molecule has 0 fully saturated rings. The quantitative estimate of drug-likeness (QED) is 0.614. The molecule has 0 radical (unpaired) electrons. The van der Waals surface area contributed by atoms with Crippen LogP contribution in [-0.4, -0.2) is 5.71 Å². The van der Waals surface area contributed by atoms with Crippen molar-refractivity contribution in [2.45, 2.75) is 13.0 Å². The standard InChI is InChI=1S/C17H13NO/c1-11-9-10-15(18-11)14-7-4-6-13-12-5-2-3-8-16(12)19-17(13)14/h2-10,15H,1H3. The molecule has 0 bridgehead atoms. The Hall–Kier alpha value is -2.35. The van der Waals surface area contributed by atoms with E-state index in [9.17, 15) is 0 Å². The lowest BCUT2D eigenvalue weighted by molar-refractivity contribution is 0.659. The number of nitrogens with zero attached hydrogens (tertiary/aromatic N) is 1. The van der Waals surface area contributed by atoms with Gasteiger partial charge in [-0.1, -0.05) is 42.5 Å². The first kappa shape index (κ1) is 10.6. The van der Waals surface area contributed by atoms with Crippen LogP contribution in [0.1, 0.15) is 18.5 Å². The Morgan fingerprint density at radius 1 is 1.00 bits per heavy atom. The summed E-state index contributed by atoms with van der Waals surface area (Å²) < 4.78 is 6.03. The number of para-hydroxylation sites is 2. The first-order chi connectivity index (χ1) is 9.33. The monoisotopic (exact) mass is 247 g/mol. The molecule has 2 heterocycles. The van der Waals surface area contributed by atoms with E-state index < -0.39 is 0 Å². The van der Waals surface area contributed by atoms with E-state index in [1.165, 1.54) is 10.8 Å². The predicted molar refractivity (Wildman–Crippen MR) is 78.7 cm³/mol. The van der Waals surface area contributed by atoms with E-state index in [2.05, 4.69) is 41.4 Å². The first-order valence-electron chi connectivity index (χ1n) is 6.46. The van der Waals surface area contributed by atoms with Crippen molar-refractivity contribution in [2.75, 3.05) is 0 Å². The van der Waals surface area contributed by atoms with Gasteiger partial charge in [0, 0.05) is 22.0 Å². The molecular formula is C17H13NO. The molecular weight excluding hydrogens is 234 g/mol. The smallest absolute Gasteiger partial charge is 0.141 e. The summed E-state index contributed by atoms with van der Waals surface area (Å²) in [7, 11) is 0. The van der Waals surface area contributed by atoms with Crippen molar-refractivity contribution in [1.29, 1.82) is 0 Å². The number of aliphatic imine (C=N–C) groups is 1. The average Bonchev–Trinajstić information content (AvgIpc) is 3.02. The highest BCUT2D eigenvalue weighted by atomic mass is 16.3. The Kier molecular flexibility index (Phi) is 2.12. The summed E-state index contributed by atoms with van der Waals surface area (Å²) in [6.45, 7) is 2.02. The third-order valence-corrected chi connectivity index (χ3v) is 3.62. The van der Waals surface area contributed by atoms with Gasteiger partial charge in [0.2, 0.25) is 0 Å². The normalized spacial score (nSPS) is 18.4. The Balaban J connectivity index is 2.04. The molecule has 0 saturated heterocycles. The summed E-state index contributed by atoms with van der Waals surface area (Å²) in [5, 5.41) is 2.34. The van der Waals surface area contributed by atoms with Crippen molar-refractivity contribution in [3.8, 4) is 0 Å². The first-order valence-corrected chi connectivity index (χ1v) is 6.46. The van der Waals surface area contributed by atoms with Crippen molar-refractivity contribution < 1.29 is 4.42 Å². The molecule has 1 atom stereocenters. The van der Waals surface area contributed by atoms with Crippen LogP contribution in [0.5, 0.6) is 0 Å². The Labute approximate surface area is 111 Å². The fourth-order valence-electron chi connectivity index (χ4n) is 2.71. The van der Waals surface area contributed by atoms with Crippen LogP contribution < -0.4 is 0 Å². The number of benzene rings is 2. The van der Waals surface area contributed by atoms with E-state index in [1.807, 2.05) is 25.1 Å². The van der Waals surface area contributed by atoms with Gasteiger partial charge in [0.15, 0.2) is 0 Å². The van der Waals surface area contributed by atoms with Crippen molar-refractivity contribution in [2.24, 2.45) is 4.99 Å². The molecule has 0 saturated carbocycles. The van der Waals surface area contributed by atoms with E-state index in [0.29, 0.717) is 0 Å². The molecule has 0 aliphatic carbocycles. The van der Waals surface area contributed by atoms with Gasteiger partial charge in [-0.2, -0.15) is 0 Å². The molecule has 0 amide bonds. The average molecular weight is 247 g/mol. The van der Waals surface area contributed by atoms with Gasteiger partial charge in [0.25, 0.3) is 0 Å². The number of rotatable bonds is 1. The molecule has 1 aliphatic heterocycles. The van der Waals surface area contributed by atoms with Crippen LogP contribution >= 0.6 is 0 Å². The predicted octanol–water partition coefficient (Wildman–Crippen LogP) is 4.66. The van der Waals surface area contributed by atoms with Crippen LogP contribution in [0.2, 0.25) is 0 Å². The van der Waals surface area contributed by atoms with Crippen LogP contribution in [0.25, 0.3) is 21.9 Å². The highest BCUT2D eigenvalue weighted by molar-refractivity contribution is 6.06. The molecule has 0 N–H and O–H groups in total.